The molecule has 0 fully saturated rings. The van der Waals surface area contributed by atoms with Crippen LogP contribution >= 0.6 is 0 Å². The van der Waals surface area contributed by atoms with Crippen molar-refractivity contribution >= 4 is 11.0 Å². The van der Waals surface area contributed by atoms with E-state index in [4.69, 9.17) is 5.26 Å². The molecule has 0 spiro atoms. The Bertz CT molecular complexity index is 765. The fourth-order valence-corrected chi connectivity index (χ4v) is 1.98. The third-order valence-electron chi connectivity index (χ3n) is 2.83. The lowest BCUT2D eigenvalue weighted by Crippen LogP contribution is -1.98. The van der Waals surface area contributed by atoms with Crippen molar-refractivity contribution in [2.45, 2.75) is 6.92 Å². The third kappa shape index (κ3) is 1.54. The molecule has 2 aromatic heterocycles. The molecule has 1 aromatic carbocycles. The molecule has 0 saturated carbocycles. The van der Waals surface area contributed by atoms with Crippen LogP contribution in [0.1, 0.15) is 11.4 Å². The van der Waals surface area contributed by atoms with Gasteiger partial charge in [-0.05, 0) is 25.1 Å². The van der Waals surface area contributed by atoms with Crippen LogP contribution in [0.5, 0.6) is 0 Å². The molecular weight excluding hydrogens is 224 g/mol. The van der Waals surface area contributed by atoms with Gasteiger partial charge in [0.15, 0.2) is 0 Å². The Labute approximate surface area is 104 Å². The Morgan fingerprint density at radius 3 is 2.89 bits per heavy atom. The molecule has 0 radical (unpaired) electrons. The van der Waals surface area contributed by atoms with Gasteiger partial charge in [-0.25, -0.2) is 9.97 Å². The summed E-state index contributed by atoms with van der Waals surface area (Å²) < 4.78 is 1.92. The fraction of sp³-hybridized carbons (Fsp3) is 0.0714. The minimum absolute atomic E-state index is 0.631. The monoisotopic (exact) mass is 234 g/mol. The van der Waals surface area contributed by atoms with E-state index in [-0.39, 0.29) is 0 Å². The Morgan fingerprint density at radius 1 is 1.22 bits per heavy atom. The van der Waals surface area contributed by atoms with E-state index < -0.39 is 0 Å². The number of nitriles is 1. The van der Waals surface area contributed by atoms with E-state index in [1.807, 2.05) is 42.0 Å². The lowest BCUT2D eigenvalue weighted by molar-refractivity contribution is 1.03. The van der Waals surface area contributed by atoms with Crippen molar-refractivity contribution in [3.8, 4) is 11.8 Å². The van der Waals surface area contributed by atoms with Crippen LogP contribution in [-0.2, 0) is 0 Å². The molecular formula is C14H10N4. The summed E-state index contributed by atoms with van der Waals surface area (Å²) in [6, 6.07) is 11.6. The molecule has 3 rings (SSSR count). The Kier molecular flexibility index (Phi) is 2.31. The van der Waals surface area contributed by atoms with Gasteiger partial charge < -0.3 is 0 Å². The smallest absolute Gasteiger partial charge is 0.148 e. The normalized spacial score (nSPS) is 10.4. The summed E-state index contributed by atoms with van der Waals surface area (Å²) in [7, 11) is 0. The van der Waals surface area contributed by atoms with Crippen LogP contribution in [0.3, 0.4) is 0 Å². The Morgan fingerprint density at radius 2 is 2.06 bits per heavy atom. The predicted octanol–water partition coefficient (Wildman–Crippen LogP) is 2.60. The quantitative estimate of drug-likeness (QED) is 0.650. The van der Waals surface area contributed by atoms with Crippen LogP contribution in [0.15, 0.2) is 42.7 Å². The zero-order chi connectivity index (χ0) is 12.5. The van der Waals surface area contributed by atoms with E-state index in [0.29, 0.717) is 5.56 Å². The number of aryl methyl sites for hydroxylation is 1. The van der Waals surface area contributed by atoms with Crippen molar-refractivity contribution in [1.82, 2.24) is 14.5 Å². The summed E-state index contributed by atoms with van der Waals surface area (Å²) in [6.45, 7) is 1.85. The first-order valence-corrected chi connectivity index (χ1v) is 5.60. The van der Waals surface area contributed by atoms with Crippen LogP contribution in [0.25, 0.3) is 16.7 Å². The van der Waals surface area contributed by atoms with Crippen molar-refractivity contribution in [3.63, 3.8) is 0 Å². The van der Waals surface area contributed by atoms with Crippen molar-refractivity contribution in [3.05, 3.63) is 54.1 Å². The zero-order valence-electron chi connectivity index (χ0n) is 9.83. The van der Waals surface area contributed by atoms with Gasteiger partial charge in [0.2, 0.25) is 0 Å². The summed E-state index contributed by atoms with van der Waals surface area (Å²) in [4.78, 5) is 8.60. The fourth-order valence-electron chi connectivity index (χ4n) is 1.98. The number of fused-ring (bicyclic) bond motifs is 1. The average Bonchev–Trinajstić information content (AvgIpc) is 2.81. The third-order valence-corrected chi connectivity index (χ3v) is 2.83. The van der Waals surface area contributed by atoms with Crippen molar-refractivity contribution < 1.29 is 0 Å². The number of rotatable bonds is 1. The van der Waals surface area contributed by atoms with Crippen LogP contribution in [0.2, 0.25) is 0 Å². The summed E-state index contributed by atoms with van der Waals surface area (Å²) in [5.74, 6) is 0.719. The molecule has 0 bridgehead atoms. The maximum Gasteiger partial charge on any atom is 0.148 e. The van der Waals surface area contributed by atoms with Gasteiger partial charge in [0.1, 0.15) is 17.5 Å². The van der Waals surface area contributed by atoms with Crippen LogP contribution in [0.4, 0.5) is 0 Å². The van der Waals surface area contributed by atoms with Crippen LogP contribution in [0, 0.1) is 18.3 Å². The average molecular weight is 234 g/mol. The van der Waals surface area contributed by atoms with E-state index >= 15 is 0 Å². The molecule has 0 N–H and O–H groups in total. The molecule has 4 heteroatoms. The first-order valence-electron chi connectivity index (χ1n) is 5.60. The van der Waals surface area contributed by atoms with Gasteiger partial charge in [-0.3, -0.25) is 4.57 Å². The Balaban J connectivity index is 2.32. The van der Waals surface area contributed by atoms with Gasteiger partial charge >= 0.3 is 0 Å². The molecule has 2 heterocycles. The standard InChI is InChI=1S/C14H10N4/c1-10-16-9-12-6-7-18(14(12)17-10)13-5-3-2-4-11(13)8-15/h2-7,9H,1H3. The molecule has 0 unspecified atom stereocenters. The minimum Gasteiger partial charge on any atom is -0.300 e. The highest BCUT2D eigenvalue weighted by Crippen LogP contribution is 2.20. The lowest BCUT2D eigenvalue weighted by atomic mass is 10.2. The number of hydrogen-bond acceptors (Lipinski definition) is 3. The summed E-state index contributed by atoms with van der Waals surface area (Å²) >= 11 is 0. The number of nitrogens with zero attached hydrogens (tertiary/aromatic N) is 4. The molecule has 18 heavy (non-hydrogen) atoms. The molecule has 86 valence electrons. The SMILES string of the molecule is Cc1ncc2ccn(-c3ccccc3C#N)c2n1. The van der Waals surface area contributed by atoms with Gasteiger partial charge in [0.25, 0.3) is 0 Å². The second-order valence-electron chi connectivity index (χ2n) is 4.01. The number of para-hydroxylation sites is 1. The topological polar surface area (TPSA) is 54.5 Å². The summed E-state index contributed by atoms with van der Waals surface area (Å²) in [6.07, 6.45) is 3.71. The maximum absolute atomic E-state index is 9.15. The highest BCUT2D eigenvalue weighted by atomic mass is 15.1. The predicted molar refractivity (Wildman–Crippen MR) is 68.3 cm³/mol. The van der Waals surface area contributed by atoms with Crippen molar-refractivity contribution in [2.24, 2.45) is 0 Å². The second-order valence-corrected chi connectivity index (χ2v) is 4.01. The molecule has 3 aromatic rings. The Hall–Kier alpha value is -2.67. The van der Waals surface area contributed by atoms with Crippen LogP contribution < -0.4 is 0 Å². The van der Waals surface area contributed by atoms with E-state index in [2.05, 4.69) is 16.0 Å². The molecule has 0 aliphatic carbocycles. The summed E-state index contributed by atoms with van der Waals surface area (Å²) in [5, 5.41) is 10.1. The molecule has 0 aliphatic rings. The van der Waals surface area contributed by atoms with E-state index in [0.717, 1.165) is 22.5 Å². The van der Waals surface area contributed by atoms with E-state index in [1.165, 1.54) is 0 Å². The first-order chi connectivity index (χ1) is 8.79. The van der Waals surface area contributed by atoms with E-state index in [1.54, 1.807) is 12.3 Å². The number of hydrogen-bond donors (Lipinski definition) is 0. The van der Waals surface area contributed by atoms with Gasteiger partial charge in [-0.1, -0.05) is 12.1 Å². The van der Waals surface area contributed by atoms with E-state index in [9.17, 15) is 0 Å². The van der Waals surface area contributed by atoms with Crippen molar-refractivity contribution in [1.29, 1.82) is 5.26 Å². The van der Waals surface area contributed by atoms with Crippen molar-refractivity contribution in [2.75, 3.05) is 0 Å². The maximum atomic E-state index is 9.15. The first kappa shape index (κ1) is 10.5. The highest BCUT2D eigenvalue weighted by Gasteiger charge is 2.08. The molecule has 4 nitrogen and oxygen atoms in total. The number of aromatic nitrogens is 3. The molecule has 0 saturated heterocycles. The van der Waals surface area contributed by atoms with Gasteiger partial charge in [0, 0.05) is 17.8 Å². The molecule has 0 atom stereocenters. The molecule has 0 amide bonds. The summed E-state index contributed by atoms with van der Waals surface area (Å²) in [5.41, 5.74) is 2.30. The van der Waals surface area contributed by atoms with Crippen LogP contribution in [-0.4, -0.2) is 14.5 Å². The molecule has 0 aliphatic heterocycles. The zero-order valence-corrected chi connectivity index (χ0v) is 9.83. The van der Waals surface area contributed by atoms with Gasteiger partial charge in [-0.2, -0.15) is 5.26 Å². The number of benzene rings is 1. The largest absolute Gasteiger partial charge is 0.300 e. The highest BCUT2D eigenvalue weighted by molar-refractivity contribution is 5.77. The van der Waals surface area contributed by atoms with Gasteiger partial charge in [0.05, 0.1) is 11.3 Å². The minimum atomic E-state index is 0.631. The lowest BCUT2D eigenvalue weighted by Gasteiger charge is -2.06. The second kappa shape index (κ2) is 3.97. The van der Waals surface area contributed by atoms with Gasteiger partial charge in [-0.15, -0.1) is 0 Å².